The highest BCUT2D eigenvalue weighted by Crippen LogP contribution is 2.37. The molecule has 0 unspecified atom stereocenters. The van der Waals surface area contributed by atoms with Gasteiger partial charge >= 0.3 is 0 Å². The van der Waals surface area contributed by atoms with Gasteiger partial charge < -0.3 is 4.42 Å². The van der Waals surface area contributed by atoms with Crippen molar-refractivity contribution < 1.29 is 9.21 Å². The molecule has 0 saturated carbocycles. The van der Waals surface area contributed by atoms with Crippen LogP contribution in [0.1, 0.15) is 16.9 Å². The highest BCUT2D eigenvalue weighted by Gasteiger charge is 2.35. The molecule has 2 aromatic carbocycles. The van der Waals surface area contributed by atoms with E-state index in [1.807, 2.05) is 86.7 Å². The van der Waals surface area contributed by atoms with E-state index in [2.05, 4.69) is 0 Å². The molecule has 2 heterocycles. The lowest BCUT2D eigenvalue weighted by Gasteiger charge is -2.18. The average molecular weight is 401 g/mol. The summed E-state index contributed by atoms with van der Waals surface area (Å²) in [5.41, 5.74) is 3.78. The van der Waals surface area contributed by atoms with Crippen molar-refractivity contribution in [1.82, 2.24) is 0 Å². The Labute approximate surface area is 174 Å². The molecule has 0 radical (unpaired) electrons. The van der Waals surface area contributed by atoms with Gasteiger partial charge in [0.15, 0.2) is 5.17 Å². The summed E-state index contributed by atoms with van der Waals surface area (Å²) in [5.74, 6) is 0.655. The standard InChI is InChI=1S/C24H20N2O2S/c1-17-9-3-5-13-20(17)25-24-26(21-14-6-4-10-18(21)2)23(27)22(29-24)15-7-11-19-12-8-16-28-19/h3-16H,1-2H3/b11-7+,22-15+,25-24?. The molecule has 1 aliphatic heterocycles. The van der Waals surface area contributed by atoms with Crippen LogP contribution in [0.4, 0.5) is 11.4 Å². The van der Waals surface area contributed by atoms with Crippen molar-refractivity contribution in [1.29, 1.82) is 0 Å². The Balaban J connectivity index is 1.74. The lowest BCUT2D eigenvalue weighted by molar-refractivity contribution is -0.113. The topological polar surface area (TPSA) is 45.8 Å². The van der Waals surface area contributed by atoms with Gasteiger partial charge in [0.2, 0.25) is 0 Å². The first kappa shape index (κ1) is 19.0. The minimum absolute atomic E-state index is 0.0827. The van der Waals surface area contributed by atoms with Gasteiger partial charge in [-0.05, 0) is 73.2 Å². The van der Waals surface area contributed by atoms with Gasteiger partial charge in [0.05, 0.1) is 22.5 Å². The van der Waals surface area contributed by atoms with Gasteiger partial charge in [-0.25, -0.2) is 4.99 Å². The average Bonchev–Trinajstić information content (AvgIpc) is 3.33. The molecule has 0 bridgehead atoms. The summed E-state index contributed by atoms with van der Waals surface area (Å²) in [4.78, 5) is 20.4. The van der Waals surface area contributed by atoms with Crippen LogP contribution in [0.5, 0.6) is 0 Å². The third-order valence-corrected chi connectivity index (χ3v) is 5.53. The first-order valence-corrected chi connectivity index (χ1v) is 10.1. The Kier molecular flexibility index (Phi) is 5.49. The molecule has 1 aromatic heterocycles. The normalized spacial score (nSPS) is 17.2. The van der Waals surface area contributed by atoms with Crippen molar-refractivity contribution in [2.75, 3.05) is 4.90 Å². The van der Waals surface area contributed by atoms with Crippen molar-refractivity contribution in [3.63, 3.8) is 0 Å². The number of nitrogens with zero attached hydrogens (tertiary/aromatic N) is 2. The monoisotopic (exact) mass is 400 g/mol. The number of aryl methyl sites for hydroxylation is 2. The molecule has 144 valence electrons. The maximum absolute atomic E-state index is 13.2. The number of allylic oxidation sites excluding steroid dienone is 2. The molecule has 0 N–H and O–H groups in total. The summed E-state index contributed by atoms with van der Waals surface area (Å²) in [6, 6.07) is 19.4. The molecular weight excluding hydrogens is 380 g/mol. The molecule has 1 amide bonds. The fraction of sp³-hybridized carbons (Fsp3) is 0.0833. The van der Waals surface area contributed by atoms with Crippen molar-refractivity contribution in [2.45, 2.75) is 13.8 Å². The van der Waals surface area contributed by atoms with E-state index in [9.17, 15) is 4.79 Å². The molecule has 4 rings (SSSR count). The second-order valence-corrected chi connectivity index (χ2v) is 7.62. The maximum atomic E-state index is 13.2. The van der Waals surface area contributed by atoms with E-state index in [1.165, 1.54) is 11.8 Å². The summed E-state index contributed by atoms with van der Waals surface area (Å²) in [6.45, 7) is 4.01. The Morgan fingerprint density at radius 1 is 0.966 bits per heavy atom. The van der Waals surface area contributed by atoms with Gasteiger partial charge in [-0.2, -0.15) is 0 Å². The number of hydrogen-bond donors (Lipinski definition) is 0. The first-order chi connectivity index (χ1) is 14.1. The van der Waals surface area contributed by atoms with E-state index in [0.29, 0.717) is 10.1 Å². The Bertz CT molecular complexity index is 1130. The molecule has 1 fully saturated rings. The number of carbonyl (C=O) groups is 1. The van der Waals surface area contributed by atoms with Crippen LogP contribution >= 0.6 is 11.8 Å². The van der Waals surface area contributed by atoms with Gasteiger partial charge in [-0.1, -0.05) is 42.5 Å². The van der Waals surface area contributed by atoms with E-state index in [4.69, 9.17) is 9.41 Å². The number of rotatable bonds is 4. The fourth-order valence-corrected chi connectivity index (χ4v) is 3.94. The summed E-state index contributed by atoms with van der Waals surface area (Å²) in [6.07, 6.45) is 7.08. The maximum Gasteiger partial charge on any atom is 0.271 e. The number of anilines is 1. The molecule has 1 aliphatic rings. The van der Waals surface area contributed by atoms with Gasteiger partial charge in [-0.3, -0.25) is 9.69 Å². The van der Waals surface area contributed by atoms with Crippen molar-refractivity contribution in [3.05, 3.63) is 101 Å². The highest BCUT2D eigenvalue weighted by atomic mass is 32.2. The summed E-state index contributed by atoms with van der Waals surface area (Å²) in [7, 11) is 0. The zero-order chi connectivity index (χ0) is 20.2. The SMILES string of the molecule is Cc1ccccc1N=C1S/C(=C/C=C/c2ccco2)C(=O)N1c1ccccc1C. The number of carbonyl (C=O) groups excluding carboxylic acids is 1. The molecule has 5 heteroatoms. The van der Waals surface area contributed by atoms with E-state index in [0.717, 1.165) is 28.3 Å². The third kappa shape index (κ3) is 4.10. The van der Waals surface area contributed by atoms with E-state index >= 15 is 0 Å². The molecule has 0 spiro atoms. The molecule has 0 aliphatic carbocycles. The minimum Gasteiger partial charge on any atom is -0.465 e. The lowest BCUT2D eigenvalue weighted by Crippen LogP contribution is -2.29. The lowest BCUT2D eigenvalue weighted by atomic mass is 10.2. The van der Waals surface area contributed by atoms with Gasteiger partial charge in [0, 0.05) is 0 Å². The van der Waals surface area contributed by atoms with Crippen molar-refractivity contribution >= 4 is 40.3 Å². The third-order valence-electron chi connectivity index (χ3n) is 4.55. The van der Waals surface area contributed by atoms with E-state index in [1.54, 1.807) is 17.2 Å². The van der Waals surface area contributed by atoms with E-state index < -0.39 is 0 Å². The second-order valence-electron chi connectivity index (χ2n) is 6.62. The van der Waals surface area contributed by atoms with Crippen LogP contribution < -0.4 is 4.90 Å². The number of amides is 1. The molecule has 29 heavy (non-hydrogen) atoms. The van der Waals surface area contributed by atoms with E-state index in [-0.39, 0.29) is 5.91 Å². The zero-order valence-electron chi connectivity index (χ0n) is 16.2. The minimum atomic E-state index is -0.0827. The number of furan rings is 1. The van der Waals surface area contributed by atoms with Crippen LogP contribution in [-0.2, 0) is 4.79 Å². The predicted octanol–water partition coefficient (Wildman–Crippen LogP) is 6.26. The van der Waals surface area contributed by atoms with Crippen LogP contribution in [-0.4, -0.2) is 11.1 Å². The van der Waals surface area contributed by atoms with Gasteiger partial charge in [0.25, 0.3) is 5.91 Å². The second kappa shape index (κ2) is 8.37. The van der Waals surface area contributed by atoms with Crippen LogP contribution in [0.2, 0.25) is 0 Å². The number of amidine groups is 1. The van der Waals surface area contributed by atoms with Crippen LogP contribution in [0.3, 0.4) is 0 Å². The fourth-order valence-electron chi connectivity index (χ4n) is 3.00. The quantitative estimate of drug-likeness (QED) is 0.486. The molecule has 3 aromatic rings. The predicted molar refractivity (Wildman–Crippen MR) is 120 cm³/mol. The molecule has 4 nitrogen and oxygen atoms in total. The zero-order valence-corrected chi connectivity index (χ0v) is 17.0. The summed E-state index contributed by atoms with van der Waals surface area (Å²) in [5, 5.41) is 0.649. The molecule has 1 saturated heterocycles. The van der Waals surface area contributed by atoms with Crippen LogP contribution in [0, 0.1) is 13.8 Å². The largest absolute Gasteiger partial charge is 0.465 e. The number of aliphatic imine (C=N–C) groups is 1. The Morgan fingerprint density at radius 3 is 2.45 bits per heavy atom. The first-order valence-electron chi connectivity index (χ1n) is 9.27. The molecular formula is C24H20N2O2S. The Morgan fingerprint density at radius 2 is 1.72 bits per heavy atom. The number of para-hydroxylation sites is 2. The van der Waals surface area contributed by atoms with Crippen LogP contribution in [0.15, 0.2) is 93.4 Å². The number of hydrogen-bond acceptors (Lipinski definition) is 4. The smallest absolute Gasteiger partial charge is 0.271 e. The Hall–Kier alpha value is -3.31. The van der Waals surface area contributed by atoms with Gasteiger partial charge in [-0.15, -0.1) is 0 Å². The van der Waals surface area contributed by atoms with Crippen molar-refractivity contribution in [3.8, 4) is 0 Å². The summed E-state index contributed by atoms with van der Waals surface area (Å²) >= 11 is 1.38. The number of thioether (sulfide) groups is 1. The number of benzene rings is 2. The van der Waals surface area contributed by atoms with Gasteiger partial charge in [0.1, 0.15) is 5.76 Å². The molecule has 0 atom stereocenters. The van der Waals surface area contributed by atoms with Crippen molar-refractivity contribution in [2.24, 2.45) is 4.99 Å². The summed E-state index contributed by atoms with van der Waals surface area (Å²) < 4.78 is 5.30. The van der Waals surface area contributed by atoms with Crippen LogP contribution in [0.25, 0.3) is 6.08 Å². The highest BCUT2D eigenvalue weighted by molar-refractivity contribution is 8.19.